The molecule has 1 radical (unpaired) electrons. The van der Waals surface area contributed by atoms with E-state index in [0.29, 0.717) is 0 Å². The van der Waals surface area contributed by atoms with Gasteiger partial charge in [-0.15, -0.1) is 0 Å². The first-order chi connectivity index (χ1) is 3.72. The van der Waals surface area contributed by atoms with Crippen LogP contribution in [-0.4, -0.2) is 28.5 Å². The second kappa shape index (κ2) is 1.61. The van der Waals surface area contributed by atoms with E-state index in [0.717, 1.165) is 0 Å². The highest BCUT2D eigenvalue weighted by Crippen LogP contribution is 2.05. The van der Waals surface area contributed by atoms with Gasteiger partial charge < -0.3 is 15.1 Å². The number of nitrogens with zero attached hydrogens (tertiary/aromatic N) is 1. The number of aliphatic hydroxyl groups is 2. The smallest absolute Gasteiger partial charge is 0.316 e. The lowest BCUT2D eigenvalue weighted by Gasteiger charge is -2.00. The van der Waals surface area contributed by atoms with Crippen molar-refractivity contribution in [2.24, 2.45) is 5.16 Å². The number of oxime groups is 1. The van der Waals surface area contributed by atoms with Crippen LogP contribution in [0.2, 0.25) is 0 Å². The molecule has 0 aromatic carbocycles. The van der Waals surface area contributed by atoms with E-state index < -0.39 is 18.3 Å². The third-order valence-electron chi connectivity index (χ3n) is 0.774. The quantitative estimate of drug-likeness (QED) is 0.403. The van der Waals surface area contributed by atoms with Crippen molar-refractivity contribution in [3.05, 3.63) is 0 Å². The molecule has 5 nitrogen and oxygen atoms in total. The summed E-state index contributed by atoms with van der Waals surface area (Å²) in [6, 6.07) is 0. The molecule has 0 aliphatic carbocycles. The first kappa shape index (κ1) is 5.33. The minimum atomic E-state index is -1.49. The van der Waals surface area contributed by atoms with Gasteiger partial charge in [-0.25, -0.2) is 0 Å². The summed E-state index contributed by atoms with van der Waals surface area (Å²) in [5, 5.41) is 29.7. The molecule has 1 aliphatic heterocycles. The van der Waals surface area contributed by atoms with Crippen molar-refractivity contribution in [1.82, 2.24) is 0 Å². The Morgan fingerprint density at radius 2 is 2.25 bits per heavy atom. The van der Waals surface area contributed by atoms with Crippen molar-refractivity contribution in [2.75, 3.05) is 0 Å². The van der Waals surface area contributed by atoms with Crippen molar-refractivity contribution in [3.63, 3.8) is 0 Å². The monoisotopic (exact) mass is 118 g/mol. The average Bonchev–Trinajstić information content (AvgIpc) is 1.98. The molecule has 0 fully saturated rings. The predicted molar refractivity (Wildman–Crippen MR) is 21.2 cm³/mol. The van der Waals surface area contributed by atoms with E-state index in [1.807, 2.05) is 0 Å². The molecule has 8 heavy (non-hydrogen) atoms. The molecule has 0 bridgehead atoms. The maximum absolute atomic E-state index is 10.1. The summed E-state index contributed by atoms with van der Waals surface area (Å²) in [4.78, 5) is 3.96. The minimum absolute atomic E-state index is 0.836. The summed E-state index contributed by atoms with van der Waals surface area (Å²) in [6.45, 7) is 0. The van der Waals surface area contributed by atoms with Crippen molar-refractivity contribution >= 4 is 5.90 Å². The molecule has 1 heterocycles. The Balaban J connectivity index is 2.59. The van der Waals surface area contributed by atoms with E-state index in [1.165, 1.54) is 0 Å². The van der Waals surface area contributed by atoms with Crippen LogP contribution in [0.3, 0.4) is 0 Å². The van der Waals surface area contributed by atoms with E-state index in [9.17, 15) is 5.11 Å². The van der Waals surface area contributed by atoms with Crippen molar-refractivity contribution in [3.8, 4) is 0 Å². The number of hydrogen-bond acceptors (Lipinski definition) is 4. The highest BCUT2D eigenvalue weighted by atomic mass is 16.7. The molecule has 0 aromatic rings. The average molecular weight is 118 g/mol. The fraction of sp³-hybridized carbons (Fsp3) is 0.667. The molecule has 45 valence electrons. The van der Waals surface area contributed by atoms with Crippen LogP contribution in [-0.2, 0) is 9.94 Å². The van der Waals surface area contributed by atoms with Gasteiger partial charge in [0.2, 0.25) is 6.10 Å². The Morgan fingerprint density at radius 3 is 2.38 bits per heavy atom. The first-order valence-electron chi connectivity index (χ1n) is 1.98. The van der Waals surface area contributed by atoms with E-state index >= 15 is 0 Å². The minimum Gasteiger partial charge on any atom is -0.377 e. The van der Waals surface area contributed by atoms with E-state index in [-0.39, 0.29) is 0 Å². The predicted octanol–water partition coefficient (Wildman–Crippen LogP) is -1.56. The molecule has 1 aliphatic rings. The Kier molecular flexibility index (Phi) is 1.07. The summed E-state index contributed by atoms with van der Waals surface area (Å²) in [5.74, 6) is -0.836. The number of rotatable bonds is 0. The van der Waals surface area contributed by atoms with E-state index in [2.05, 4.69) is 9.99 Å². The standard InChI is InChI=1S/C3H4NO4/c5-1-2(6)4-8-3(1)7/h1,3,5,7H. The summed E-state index contributed by atoms with van der Waals surface area (Å²) < 4.78 is 0. The maximum Gasteiger partial charge on any atom is 0.316 e. The lowest BCUT2D eigenvalue weighted by molar-refractivity contribution is -0.122. The lowest BCUT2D eigenvalue weighted by Crippen LogP contribution is -2.27. The van der Waals surface area contributed by atoms with Crippen LogP contribution < -0.4 is 0 Å². The third-order valence-corrected chi connectivity index (χ3v) is 0.774. The summed E-state index contributed by atoms with van der Waals surface area (Å²) in [5.41, 5.74) is 0. The van der Waals surface area contributed by atoms with Crippen LogP contribution in [0.4, 0.5) is 0 Å². The molecule has 2 atom stereocenters. The van der Waals surface area contributed by atoms with Crippen molar-refractivity contribution < 1.29 is 20.2 Å². The molecule has 5 heteroatoms. The second-order valence-electron chi connectivity index (χ2n) is 1.37. The van der Waals surface area contributed by atoms with Crippen molar-refractivity contribution in [2.45, 2.75) is 12.4 Å². The highest BCUT2D eigenvalue weighted by Gasteiger charge is 2.31. The molecule has 2 unspecified atom stereocenters. The zero-order chi connectivity index (χ0) is 6.15. The van der Waals surface area contributed by atoms with Gasteiger partial charge in [-0.05, 0) is 5.16 Å². The Hall–Kier alpha value is -0.810. The SMILES string of the molecule is [O]C1=NOC(O)C1O. The molecule has 0 saturated carbocycles. The third kappa shape index (κ3) is 0.613. The van der Waals surface area contributed by atoms with Gasteiger partial charge in [0.25, 0.3) is 6.29 Å². The molecule has 0 spiro atoms. The van der Waals surface area contributed by atoms with Crippen LogP contribution in [0, 0.1) is 0 Å². The fourth-order valence-electron chi connectivity index (χ4n) is 0.340. The molecule has 0 aromatic heterocycles. The summed E-state index contributed by atoms with van der Waals surface area (Å²) in [7, 11) is 0. The van der Waals surface area contributed by atoms with Gasteiger partial charge in [0.05, 0.1) is 0 Å². The fourth-order valence-corrected chi connectivity index (χ4v) is 0.340. The van der Waals surface area contributed by atoms with Crippen LogP contribution >= 0.6 is 0 Å². The molecular formula is C3H4NO4. The Morgan fingerprint density at radius 1 is 1.62 bits per heavy atom. The topological polar surface area (TPSA) is 82.0 Å². The normalized spacial score (nSPS) is 36.5. The van der Waals surface area contributed by atoms with Gasteiger partial charge in [0, 0.05) is 0 Å². The van der Waals surface area contributed by atoms with Crippen LogP contribution in [0.1, 0.15) is 0 Å². The molecule has 0 amide bonds. The molecule has 1 rings (SSSR count). The van der Waals surface area contributed by atoms with E-state index in [1.54, 1.807) is 0 Å². The maximum atomic E-state index is 10.1. The van der Waals surface area contributed by atoms with Crippen LogP contribution in [0.5, 0.6) is 0 Å². The van der Waals surface area contributed by atoms with Gasteiger partial charge in [0.1, 0.15) is 0 Å². The summed E-state index contributed by atoms with van der Waals surface area (Å²) in [6.07, 6.45) is -2.96. The van der Waals surface area contributed by atoms with Gasteiger partial charge in [-0.3, -0.25) is 5.11 Å². The number of aliphatic hydroxyl groups excluding tert-OH is 2. The first-order valence-corrected chi connectivity index (χ1v) is 1.98. The van der Waals surface area contributed by atoms with Crippen LogP contribution in [0.25, 0.3) is 0 Å². The van der Waals surface area contributed by atoms with Crippen molar-refractivity contribution in [1.29, 1.82) is 0 Å². The molecular weight excluding hydrogens is 114 g/mol. The molecule has 0 saturated heterocycles. The Labute approximate surface area is 44.8 Å². The van der Waals surface area contributed by atoms with E-state index in [4.69, 9.17) is 10.2 Å². The highest BCUT2D eigenvalue weighted by molar-refractivity contribution is 5.78. The van der Waals surface area contributed by atoms with Gasteiger partial charge in [-0.1, -0.05) is 0 Å². The zero-order valence-corrected chi connectivity index (χ0v) is 3.81. The summed E-state index contributed by atoms with van der Waals surface area (Å²) >= 11 is 0. The van der Waals surface area contributed by atoms with Gasteiger partial charge in [0.15, 0.2) is 0 Å². The zero-order valence-electron chi connectivity index (χ0n) is 3.81. The van der Waals surface area contributed by atoms with Gasteiger partial charge in [-0.2, -0.15) is 0 Å². The van der Waals surface area contributed by atoms with Gasteiger partial charge >= 0.3 is 5.90 Å². The lowest BCUT2D eigenvalue weighted by atomic mass is 10.4. The number of hydrogen-bond donors (Lipinski definition) is 2. The van der Waals surface area contributed by atoms with Crippen LogP contribution in [0.15, 0.2) is 5.16 Å². The Bertz CT molecular complexity index is 122. The molecule has 2 N–H and O–H groups in total. The second-order valence-corrected chi connectivity index (χ2v) is 1.37. The largest absolute Gasteiger partial charge is 0.377 e.